The van der Waals surface area contributed by atoms with E-state index in [1.165, 1.54) is 0 Å². The van der Waals surface area contributed by atoms with Gasteiger partial charge in [-0.1, -0.05) is 13.8 Å². The van der Waals surface area contributed by atoms with Gasteiger partial charge in [0.2, 0.25) is 0 Å². The summed E-state index contributed by atoms with van der Waals surface area (Å²) in [5.41, 5.74) is 0.892. The maximum atomic E-state index is 9.92. The smallest absolute Gasteiger partial charge is 0.0827 e. The first-order valence-electron chi connectivity index (χ1n) is 6.27. The van der Waals surface area contributed by atoms with Gasteiger partial charge in [-0.05, 0) is 38.3 Å². The van der Waals surface area contributed by atoms with Crippen molar-refractivity contribution in [1.82, 2.24) is 4.57 Å². The minimum absolute atomic E-state index is 0.0899. The van der Waals surface area contributed by atoms with E-state index in [9.17, 15) is 5.11 Å². The molecule has 0 fully saturated rings. The highest BCUT2D eigenvalue weighted by molar-refractivity contribution is 5.14. The maximum Gasteiger partial charge on any atom is 0.0827 e. The second-order valence-electron chi connectivity index (χ2n) is 5.83. The number of rotatable bonds is 5. The molecule has 0 amide bonds. The van der Waals surface area contributed by atoms with Crippen molar-refractivity contribution in [2.24, 2.45) is 5.92 Å². The Morgan fingerprint density at radius 3 is 2.53 bits per heavy atom. The molecule has 0 aliphatic carbocycles. The van der Waals surface area contributed by atoms with E-state index in [1.807, 2.05) is 32.3 Å². The Morgan fingerprint density at radius 1 is 1.35 bits per heavy atom. The molecule has 1 aromatic heterocycles. The normalized spacial score (nSPS) is 14.3. The Kier molecular flexibility index (Phi) is 4.78. The molecular weight excluding hydrogens is 214 g/mol. The average Bonchev–Trinajstić information content (AvgIpc) is 2.63. The Labute approximate surface area is 104 Å². The highest BCUT2D eigenvalue weighted by Gasteiger charge is 2.13. The summed E-state index contributed by atoms with van der Waals surface area (Å²) in [6.07, 6.45) is 3.61. The van der Waals surface area contributed by atoms with E-state index in [-0.39, 0.29) is 17.6 Å². The van der Waals surface area contributed by atoms with E-state index in [2.05, 4.69) is 25.3 Å². The topological polar surface area (TPSA) is 34.4 Å². The predicted octanol–water partition coefficient (Wildman–Crippen LogP) is 2.99. The SMILES string of the molecule is CC(C)C(O)c1ccn(CCOC(C)(C)C)c1. The maximum absolute atomic E-state index is 9.92. The third-order valence-corrected chi connectivity index (χ3v) is 2.63. The van der Waals surface area contributed by atoms with Gasteiger partial charge >= 0.3 is 0 Å². The molecule has 1 aromatic rings. The van der Waals surface area contributed by atoms with Crippen LogP contribution >= 0.6 is 0 Å². The summed E-state index contributed by atoms with van der Waals surface area (Å²) < 4.78 is 7.73. The fraction of sp³-hybridized carbons (Fsp3) is 0.714. The monoisotopic (exact) mass is 239 g/mol. The van der Waals surface area contributed by atoms with Gasteiger partial charge in [-0.3, -0.25) is 0 Å². The zero-order valence-corrected chi connectivity index (χ0v) is 11.6. The van der Waals surface area contributed by atoms with Gasteiger partial charge in [0.15, 0.2) is 0 Å². The van der Waals surface area contributed by atoms with Crippen LogP contribution in [0.25, 0.3) is 0 Å². The van der Waals surface area contributed by atoms with Crippen LogP contribution < -0.4 is 0 Å². The van der Waals surface area contributed by atoms with Crippen molar-refractivity contribution in [1.29, 1.82) is 0 Å². The summed E-state index contributed by atoms with van der Waals surface area (Å²) in [5, 5.41) is 9.92. The van der Waals surface area contributed by atoms with Crippen LogP contribution in [0.3, 0.4) is 0 Å². The number of ether oxygens (including phenoxy) is 1. The van der Waals surface area contributed by atoms with E-state index in [4.69, 9.17) is 4.74 Å². The van der Waals surface area contributed by atoms with E-state index in [1.54, 1.807) is 0 Å². The van der Waals surface area contributed by atoms with Crippen molar-refractivity contribution in [3.05, 3.63) is 24.0 Å². The summed E-state index contributed by atoms with van der Waals surface area (Å²) in [7, 11) is 0. The standard InChI is InChI=1S/C14H25NO2/c1-11(2)13(16)12-6-7-15(10-12)8-9-17-14(3,4)5/h6-7,10-11,13,16H,8-9H2,1-5H3. The largest absolute Gasteiger partial charge is 0.388 e. The Morgan fingerprint density at radius 2 is 2.00 bits per heavy atom. The van der Waals surface area contributed by atoms with E-state index in [0.717, 1.165) is 12.1 Å². The van der Waals surface area contributed by atoms with Crippen molar-refractivity contribution in [2.75, 3.05) is 6.61 Å². The van der Waals surface area contributed by atoms with E-state index >= 15 is 0 Å². The van der Waals surface area contributed by atoms with Crippen molar-refractivity contribution in [3.63, 3.8) is 0 Å². The Balaban J connectivity index is 2.46. The van der Waals surface area contributed by atoms with Crippen molar-refractivity contribution in [3.8, 4) is 0 Å². The molecule has 0 aromatic carbocycles. The zero-order valence-electron chi connectivity index (χ0n) is 11.6. The molecule has 1 atom stereocenters. The Hall–Kier alpha value is -0.800. The van der Waals surface area contributed by atoms with Gasteiger partial charge < -0.3 is 14.4 Å². The number of aliphatic hydroxyl groups excluding tert-OH is 1. The molecule has 0 spiro atoms. The minimum atomic E-state index is -0.375. The molecule has 17 heavy (non-hydrogen) atoms. The van der Waals surface area contributed by atoms with Crippen LogP contribution in [0.1, 0.15) is 46.3 Å². The molecule has 3 nitrogen and oxygen atoms in total. The molecular formula is C14H25NO2. The molecule has 0 radical (unpaired) electrons. The number of aliphatic hydroxyl groups is 1. The zero-order chi connectivity index (χ0) is 13.1. The van der Waals surface area contributed by atoms with Gasteiger partial charge in [0.05, 0.1) is 18.3 Å². The first kappa shape index (κ1) is 14.3. The first-order valence-corrected chi connectivity index (χ1v) is 6.27. The second kappa shape index (κ2) is 5.69. The first-order chi connectivity index (χ1) is 7.79. The second-order valence-corrected chi connectivity index (χ2v) is 5.83. The summed E-state index contributed by atoms with van der Waals surface area (Å²) >= 11 is 0. The van der Waals surface area contributed by atoms with Gasteiger partial charge in [0.1, 0.15) is 0 Å². The number of hydrogen-bond acceptors (Lipinski definition) is 2. The molecule has 1 N–H and O–H groups in total. The quantitative estimate of drug-likeness (QED) is 0.857. The summed E-state index contributed by atoms with van der Waals surface area (Å²) in [6.45, 7) is 11.7. The van der Waals surface area contributed by atoms with Gasteiger partial charge in [0, 0.05) is 18.9 Å². The van der Waals surface area contributed by atoms with Crippen LogP contribution in [0.15, 0.2) is 18.5 Å². The lowest BCUT2D eigenvalue weighted by Crippen LogP contribution is -2.21. The number of aromatic nitrogens is 1. The van der Waals surface area contributed by atoms with E-state index in [0.29, 0.717) is 6.61 Å². The third-order valence-electron chi connectivity index (χ3n) is 2.63. The molecule has 0 saturated heterocycles. The summed E-state index contributed by atoms with van der Waals surface area (Å²) in [6, 6.07) is 1.97. The Bertz CT molecular complexity index is 336. The molecule has 0 aliphatic heterocycles. The lowest BCUT2D eigenvalue weighted by Gasteiger charge is -2.19. The summed E-state index contributed by atoms with van der Waals surface area (Å²) in [5.74, 6) is 0.247. The fourth-order valence-corrected chi connectivity index (χ4v) is 1.62. The van der Waals surface area contributed by atoms with Gasteiger partial charge in [-0.2, -0.15) is 0 Å². The average molecular weight is 239 g/mol. The predicted molar refractivity (Wildman–Crippen MR) is 69.9 cm³/mol. The molecule has 0 bridgehead atoms. The van der Waals surface area contributed by atoms with Crippen LogP contribution in [0.4, 0.5) is 0 Å². The highest BCUT2D eigenvalue weighted by Crippen LogP contribution is 2.21. The molecule has 98 valence electrons. The highest BCUT2D eigenvalue weighted by atomic mass is 16.5. The van der Waals surface area contributed by atoms with Crippen molar-refractivity contribution < 1.29 is 9.84 Å². The lowest BCUT2D eigenvalue weighted by molar-refractivity contribution is -0.00683. The molecule has 0 saturated carbocycles. The molecule has 1 rings (SSSR count). The summed E-state index contributed by atoms with van der Waals surface area (Å²) in [4.78, 5) is 0. The van der Waals surface area contributed by atoms with Crippen LogP contribution in [-0.2, 0) is 11.3 Å². The van der Waals surface area contributed by atoms with Crippen molar-refractivity contribution in [2.45, 2.75) is 52.9 Å². The van der Waals surface area contributed by atoms with Gasteiger partial charge in [-0.25, -0.2) is 0 Å². The molecule has 1 heterocycles. The van der Waals surface area contributed by atoms with Crippen LogP contribution in [-0.4, -0.2) is 21.9 Å². The van der Waals surface area contributed by atoms with Crippen molar-refractivity contribution >= 4 is 0 Å². The number of nitrogens with zero attached hydrogens (tertiary/aromatic N) is 1. The molecule has 1 unspecified atom stereocenters. The molecule has 3 heteroatoms. The molecule has 0 aliphatic rings. The number of hydrogen-bond donors (Lipinski definition) is 1. The van der Waals surface area contributed by atoms with Crippen LogP contribution in [0, 0.1) is 5.92 Å². The van der Waals surface area contributed by atoms with Gasteiger partial charge in [0.25, 0.3) is 0 Å². The van der Waals surface area contributed by atoms with Crippen LogP contribution in [0.5, 0.6) is 0 Å². The van der Waals surface area contributed by atoms with Crippen LogP contribution in [0.2, 0.25) is 0 Å². The third kappa shape index (κ3) is 4.92. The lowest BCUT2D eigenvalue weighted by atomic mass is 10.0. The van der Waals surface area contributed by atoms with E-state index < -0.39 is 0 Å². The van der Waals surface area contributed by atoms with Gasteiger partial charge in [-0.15, -0.1) is 0 Å². The fourth-order valence-electron chi connectivity index (χ4n) is 1.62. The minimum Gasteiger partial charge on any atom is -0.388 e.